The zero-order valence-electron chi connectivity index (χ0n) is 13.8. The van der Waals surface area contributed by atoms with Crippen molar-refractivity contribution in [2.24, 2.45) is 5.41 Å². The second kappa shape index (κ2) is 6.64. The Morgan fingerprint density at radius 2 is 1.74 bits per heavy atom. The molecule has 0 saturated heterocycles. The van der Waals surface area contributed by atoms with E-state index in [0.29, 0.717) is 17.3 Å². The van der Waals surface area contributed by atoms with Crippen molar-refractivity contribution < 1.29 is 14.1 Å². The first-order valence-electron chi connectivity index (χ1n) is 7.48. The van der Waals surface area contributed by atoms with E-state index in [2.05, 4.69) is 22.7 Å². The van der Waals surface area contributed by atoms with Crippen LogP contribution in [0, 0.1) is 12.3 Å². The Labute approximate surface area is 135 Å². The van der Waals surface area contributed by atoms with Crippen LogP contribution in [0.25, 0.3) is 0 Å². The Morgan fingerprint density at radius 3 is 2.26 bits per heavy atom. The lowest BCUT2D eigenvalue weighted by Crippen LogP contribution is -2.41. The van der Waals surface area contributed by atoms with Crippen LogP contribution in [0.1, 0.15) is 32.1 Å². The SMILES string of the molecule is CCc1ccc(NC(=O)C(C)(C)C(=O)Nc2cc(C)on2)cc1. The molecule has 0 atom stereocenters. The highest BCUT2D eigenvalue weighted by atomic mass is 16.5. The molecule has 122 valence electrons. The Balaban J connectivity index is 2.04. The van der Waals surface area contributed by atoms with Crippen LogP contribution in [0.15, 0.2) is 34.9 Å². The van der Waals surface area contributed by atoms with E-state index in [0.717, 1.165) is 6.42 Å². The summed E-state index contributed by atoms with van der Waals surface area (Å²) in [6.45, 7) is 6.91. The maximum atomic E-state index is 12.4. The number of nitrogens with zero attached hydrogens (tertiary/aromatic N) is 1. The van der Waals surface area contributed by atoms with Gasteiger partial charge < -0.3 is 15.2 Å². The summed E-state index contributed by atoms with van der Waals surface area (Å²) in [6, 6.07) is 9.13. The van der Waals surface area contributed by atoms with Gasteiger partial charge in [-0.25, -0.2) is 0 Å². The number of carbonyl (C=O) groups is 2. The van der Waals surface area contributed by atoms with E-state index in [1.807, 2.05) is 24.3 Å². The minimum absolute atomic E-state index is 0.292. The largest absolute Gasteiger partial charge is 0.360 e. The van der Waals surface area contributed by atoms with Gasteiger partial charge in [-0.1, -0.05) is 24.2 Å². The lowest BCUT2D eigenvalue weighted by atomic mass is 9.91. The van der Waals surface area contributed by atoms with Crippen LogP contribution >= 0.6 is 0 Å². The maximum Gasteiger partial charge on any atom is 0.240 e. The van der Waals surface area contributed by atoms with Gasteiger partial charge in [-0.2, -0.15) is 0 Å². The summed E-state index contributed by atoms with van der Waals surface area (Å²) in [5, 5.41) is 9.04. The molecule has 0 fully saturated rings. The fourth-order valence-corrected chi connectivity index (χ4v) is 1.91. The number of hydrogen-bond donors (Lipinski definition) is 2. The van der Waals surface area contributed by atoms with Crippen molar-refractivity contribution in [1.82, 2.24) is 5.16 Å². The van der Waals surface area contributed by atoms with Gasteiger partial charge in [0, 0.05) is 11.8 Å². The molecule has 1 heterocycles. The minimum Gasteiger partial charge on any atom is -0.360 e. The monoisotopic (exact) mass is 315 g/mol. The van der Waals surface area contributed by atoms with Crippen LogP contribution < -0.4 is 10.6 Å². The van der Waals surface area contributed by atoms with Crippen molar-refractivity contribution in [2.75, 3.05) is 10.6 Å². The Hall–Kier alpha value is -2.63. The number of aryl methyl sites for hydroxylation is 2. The number of amides is 2. The average Bonchev–Trinajstić information content (AvgIpc) is 2.93. The molecule has 0 saturated carbocycles. The molecule has 6 heteroatoms. The van der Waals surface area contributed by atoms with Gasteiger partial charge in [0.25, 0.3) is 0 Å². The average molecular weight is 315 g/mol. The topological polar surface area (TPSA) is 84.2 Å². The molecular formula is C17H21N3O3. The molecule has 0 spiro atoms. The van der Waals surface area contributed by atoms with Gasteiger partial charge >= 0.3 is 0 Å². The second-order valence-electron chi connectivity index (χ2n) is 5.91. The standard InChI is InChI=1S/C17H21N3O3/c1-5-12-6-8-13(9-7-12)18-15(21)17(3,4)16(22)19-14-10-11(2)23-20-14/h6-10H,5H2,1-4H3,(H,18,21)(H,19,20,22). The first-order valence-corrected chi connectivity index (χ1v) is 7.48. The lowest BCUT2D eigenvalue weighted by molar-refractivity contribution is -0.135. The van der Waals surface area contributed by atoms with Crippen molar-refractivity contribution in [1.29, 1.82) is 0 Å². The van der Waals surface area contributed by atoms with Crippen LogP contribution in [-0.4, -0.2) is 17.0 Å². The molecular weight excluding hydrogens is 294 g/mol. The van der Waals surface area contributed by atoms with E-state index in [4.69, 9.17) is 4.52 Å². The summed E-state index contributed by atoms with van der Waals surface area (Å²) in [4.78, 5) is 24.7. The van der Waals surface area contributed by atoms with Crippen LogP contribution in [0.5, 0.6) is 0 Å². The van der Waals surface area contributed by atoms with E-state index < -0.39 is 11.3 Å². The van der Waals surface area contributed by atoms with Gasteiger partial charge in [-0.05, 0) is 44.9 Å². The summed E-state index contributed by atoms with van der Waals surface area (Å²) in [5.41, 5.74) is 0.586. The van der Waals surface area contributed by atoms with Crippen molar-refractivity contribution in [3.8, 4) is 0 Å². The molecule has 23 heavy (non-hydrogen) atoms. The van der Waals surface area contributed by atoms with Gasteiger partial charge in [0.05, 0.1) is 0 Å². The van der Waals surface area contributed by atoms with Gasteiger partial charge in [0.2, 0.25) is 11.8 Å². The van der Waals surface area contributed by atoms with E-state index in [9.17, 15) is 9.59 Å². The van der Waals surface area contributed by atoms with E-state index in [1.54, 1.807) is 26.8 Å². The smallest absolute Gasteiger partial charge is 0.240 e. The highest BCUT2D eigenvalue weighted by molar-refractivity contribution is 6.13. The summed E-state index contributed by atoms with van der Waals surface area (Å²) >= 11 is 0. The van der Waals surface area contributed by atoms with E-state index in [-0.39, 0.29) is 5.91 Å². The summed E-state index contributed by atoms with van der Waals surface area (Å²) in [6.07, 6.45) is 0.930. The molecule has 2 aromatic rings. The van der Waals surface area contributed by atoms with Gasteiger partial charge in [0.1, 0.15) is 11.2 Å². The molecule has 0 radical (unpaired) electrons. The van der Waals surface area contributed by atoms with Crippen molar-refractivity contribution in [3.05, 3.63) is 41.7 Å². The minimum atomic E-state index is -1.25. The predicted molar refractivity (Wildman–Crippen MR) is 88.1 cm³/mol. The highest BCUT2D eigenvalue weighted by Gasteiger charge is 2.36. The zero-order valence-corrected chi connectivity index (χ0v) is 13.8. The number of rotatable bonds is 5. The zero-order chi connectivity index (χ0) is 17.0. The fraction of sp³-hybridized carbons (Fsp3) is 0.353. The Morgan fingerprint density at radius 1 is 1.13 bits per heavy atom. The predicted octanol–water partition coefficient (Wildman–Crippen LogP) is 3.15. The molecule has 2 N–H and O–H groups in total. The van der Waals surface area contributed by atoms with Gasteiger partial charge in [-0.3, -0.25) is 9.59 Å². The molecule has 1 aromatic carbocycles. The summed E-state index contributed by atoms with van der Waals surface area (Å²) < 4.78 is 4.89. The molecule has 6 nitrogen and oxygen atoms in total. The van der Waals surface area contributed by atoms with Crippen LogP contribution in [-0.2, 0) is 16.0 Å². The molecule has 0 unspecified atom stereocenters. The third kappa shape index (κ3) is 3.97. The molecule has 1 aromatic heterocycles. The van der Waals surface area contributed by atoms with Gasteiger partial charge in [0.15, 0.2) is 5.82 Å². The molecule has 0 aliphatic heterocycles. The van der Waals surface area contributed by atoms with Crippen molar-refractivity contribution in [3.63, 3.8) is 0 Å². The number of hydrogen-bond acceptors (Lipinski definition) is 4. The highest BCUT2D eigenvalue weighted by Crippen LogP contribution is 2.22. The quantitative estimate of drug-likeness (QED) is 0.830. The molecule has 2 amide bonds. The number of anilines is 2. The lowest BCUT2D eigenvalue weighted by Gasteiger charge is -2.22. The maximum absolute atomic E-state index is 12.4. The van der Waals surface area contributed by atoms with Gasteiger partial charge in [-0.15, -0.1) is 0 Å². The molecule has 0 bridgehead atoms. The Bertz CT molecular complexity index is 702. The number of nitrogens with one attached hydrogen (secondary N) is 2. The van der Waals surface area contributed by atoms with E-state index >= 15 is 0 Å². The number of benzene rings is 1. The van der Waals surface area contributed by atoms with Crippen LogP contribution in [0.4, 0.5) is 11.5 Å². The Kier molecular flexibility index (Phi) is 4.83. The first kappa shape index (κ1) is 16.7. The van der Waals surface area contributed by atoms with Crippen LogP contribution in [0.2, 0.25) is 0 Å². The molecule has 2 rings (SSSR count). The van der Waals surface area contributed by atoms with Crippen molar-refractivity contribution in [2.45, 2.75) is 34.1 Å². The fourth-order valence-electron chi connectivity index (χ4n) is 1.91. The third-order valence-corrected chi connectivity index (χ3v) is 3.62. The van der Waals surface area contributed by atoms with Crippen molar-refractivity contribution >= 4 is 23.3 Å². The van der Waals surface area contributed by atoms with E-state index in [1.165, 1.54) is 5.56 Å². The normalized spacial score (nSPS) is 11.1. The summed E-state index contributed by atoms with van der Waals surface area (Å²) in [7, 11) is 0. The number of aromatic nitrogens is 1. The third-order valence-electron chi connectivity index (χ3n) is 3.62. The van der Waals surface area contributed by atoms with Crippen LogP contribution in [0.3, 0.4) is 0 Å². The first-order chi connectivity index (χ1) is 10.8. The summed E-state index contributed by atoms with van der Waals surface area (Å²) in [5.74, 6) is 0.0344. The molecule has 0 aliphatic carbocycles. The second-order valence-corrected chi connectivity index (χ2v) is 5.91. The molecule has 0 aliphatic rings. The number of carbonyl (C=O) groups excluding carboxylic acids is 2.